The molecular weight excluding hydrogens is 665 g/mol. The van der Waals surface area contributed by atoms with Gasteiger partial charge in [-0.2, -0.15) is 0 Å². The van der Waals surface area contributed by atoms with E-state index in [2.05, 4.69) is 62.0 Å². The van der Waals surface area contributed by atoms with Gasteiger partial charge in [0.25, 0.3) is 0 Å². The summed E-state index contributed by atoms with van der Waals surface area (Å²) in [5, 5.41) is 6.38. The Morgan fingerprint density at radius 1 is 0.426 bits per heavy atom. The first-order valence-corrected chi connectivity index (χ1v) is 24.4. The van der Waals surface area contributed by atoms with Gasteiger partial charge in [0.1, 0.15) is 0 Å². The van der Waals surface area contributed by atoms with Crippen LogP contribution < -0.4 is 10.6 Å². The summed E-state index contributed by atoms with van der Waals surface area (Å²) in [6, 6.07) is 0.379. The van der Waals surface area contributed by atoms with Gasteiger partial charge >= 0.3 is 0 Å². The lowest BCUT2D eigenvalue weighted by molar-refractivity contribution is -0.122. The van der Waals surface area contributed by atoms with E-state index in [1.165, 1.54) is 180 Å². The molecule has 0 spiro atoms. The summed E-state index contributed by atoms with van der Waals surface area (Å²) in [5.74, 6) is 0.414. The SMILES string of the molecule is CCCCCCCCCCCCCCCCCC(=O)NCCC(C)N(CC)C(C)N(CC)CCNC(=O)CCCCCCCCCCCCCCCCC. The zero-order valence-electron chi connectivity index (χ0n) is 37.7. The van der Waals surface area contributed by atoms with Crippen molar-refractivity contribution in [2.45, 2.75) is 266 Å². The number of hydrogen-bond donors (Lipinski definition) is 2. The quantitative estimate of drug-likeness (QED) is 0.0480. The number of carbonyl (C=O) groups is 2. The molecule has 6 heteroatoms. The molecule has 54 heavy (non-hydrogen) atoms. The molecule has 2 atom stereocenters. The van der Waals surface area contributed by atoms with Crippen LogP contribution in [0, 0.1) is 0 Å². The van der Waals surface area contributed by atoms with Crippen LogP contribution in [0.1, 0.15) is 253 Å². The van der Waals surface area contributed by atoms with Crippen molar-refractivity contribution in [1.29, 1.82) is 0 Å². The third kappa shape index (κ3) is 34.1. The maximum atomic E-state index is 12.5. The zero-order chi connectivity index (χ0) is 39.7. The van der Waals surface area contributed by atoms with E-state index in [0.29, 0.717) is 31.6 Å². The monoisotopic (exact) mass is 763 g/mol. The predicted molar refractivity (Wildman–Crippen MR) is 238 cm³/mol. The highest BCUT2D eigenvalue weighted by atomic mass is 16.2. The number of hydrogen-bond acceptors (Lipinski definition) is 4. The molecule has 0 aromatic rings. The molecule has 6 nitrogen and oxygen atoms in total. The summed E-state index contributed by atoms with van der Waals surface area (Å²) < 4.78 is 0. The molecule has 0 aliphatic carbocycles. The predicted octanol–water partition coefficient (Wildman–Crippen LogP) is 13.5. The summed E-state index contributed by atoms with van der Waals surface area (Å²) in [6.45, 7) is 17.8. The van der Waals surface area contributed by atoms with E-state index >= 15 is 0 Å². The van der Waals surface area contributed by atoms with Crippen LogP contribution in [-0.4, -0.2) is 66.5 Å². The Morgan fingerprint density at radius 3 is 1.06 bits per heavy atom. The van der Waals surface area contributed by atoms with Crippen molar-refractivity contribution in [3.8, 4) is 0 Å². The zero-order valence-corrected chi connectivity index (χ0v) is 37.7. The van der Waals surface area contributed by atoms with E-state index < -0.39 is 0 Å². The highest BCUT2D eigenvalue weighted by Gasteiger charge is 2.23. The molecule has 0 aromatic carbocycles. The molecule has 322 valence electrons. The average molecular weight is 763 g/mol. The molecule has 2 unspecified atom stereocenters. The smallest absolute Gasteiger partial charge is 0.220 e. The number of amides is 2. The van der Waals surface area contributed by atoms with E-state index in [0.717, 1.165) is 45.4 Å². The van der Waals surface area contributed by atoms with Gasteiger partial charge in [-0.05, 0) is 46.2 Å². The van der Waals surface area contributed by atoms with Crippen LogP contribution in [-0.2, 0) is 9.59 Å². The molecular formula is C48H98N4O2. The first kappa shape index (κ1) is 52.9. The molecule has 0 saturated carbocycles. The second-order valence-electron chi connectivity index (χ2n) is 16.8. The third-order valence-electron chi connectivity index (χ3n) is 12.0. The van der Waals surface area contributed by atoms with Crippen LogP contribution in [0.3, 0.4) is 0 Å². The Morgan fingerprint density at radius 2 is 0.741 bits per heavy atom. The Labute approximate surface area is 339 Å². The van der Waals surface area contributed by atoms with E-state index in [-0.39, 0.29) is 11.8 Å². The lowest BCUT2D eigenvalue weighted by Crippen LogP contribution is -2.52. The van der Waals surface area contributed by atoms with Crippen molar-refractivity contribution in [3.63, 3.8) is 0 Å². The molecule has 2 amide bonds. The molecule has 0 saturated heterocycles. The Hall–Kier alpha value is -1.14. The van der Waals surface area contributed by atoms with Crippen molar-refractivity contribution in [3.05, 3.63) is 0 Å². The van der Waals surface area contributed by atoms with Gasteiger partial charge in [-0.3, -0.25) is 19.4 Å². The van der Waals surface area contributed by atoms with Gasteiger partial charge in [0, 0.05) is 38.5 Å². The number of nitrogens with zero attached hydrogens (tertiary/aromatic N) is 2. The Kier molecular flexibility index (Phi) is 40.6. The first-order chi connectivity index (χ1) is 26.4. The number of unbranched alkanes of at least 4 members (excludes halogenated alkanes) is 28. The van der Waals surface area contributed by atoms with Gasteiger partial charge in [0.05, 0.1) is 6.17 Å². The van der Waals surface area contributed by atoms with Crippen molar-refractivity contribution < 1.29 is 9.59 Å². The van der Waals surface area contributed by atoms with E-state index in [9.17, 15) is 9.59 Å². The molecule has 0 fully saturated rings. The summed E-state index contributed by atoms with van der Waals surface area (Å²) in [4.78, 5) is 30.0. The molecule has 0 rings (SSSR count). The number of carbonyl (C=O) groups excluding carboxylic acids is 2. The largest absolute Gasteiger partial charge is 0.356 e. The van der Waals surface area contributed by atoms with E-state index in [1.807, 2.05) is 0 Å². The van der Waals surface area contributed by atoms with Crippen LogP contribution in [0.5, 0.6) is 0 Å². The average Bonchev–Trinajstić information content (AvgIpc) is 3.16. The van der Waals surface area contributed by atoms with Gasteiger partial charge < -0.3 is 10.6 Å². The topological polar surface area (TPSA) is 64.7 Å². The second kappa shape index (κ2) is 41.5. The summed E-state index contributed by atoms with van der Waals surface area (Å²) in [5.41, 5.74) is 0. The summed E-state index contributed by atoms with van der Waals surface area (Å²) in [7, 11) is 0. The number of nitrogens with one attached hydrogen (secondary N) is 2. The maximum Gasteiger partial charge on any atom is 0.220 e. The standard InChI is InChI=1S/C48H98N4O2/c1-7-11-13-15-17-19-21-23-25-27-29-31-33-35-37-39-47(53)49-42-41-45(5)52(10-4)46(6)51(9-3)44-43-50-48(54)40-38-36-34-32-30-28-26-24-22-20-18-16-14-12-8-2/h45-46H,7-44H2,1-6H3,(H,49,53)(H,50,54). The Bertz CT molecular complexity index is 793. The molecule has 0 heterocycles. The minimum absolute atomic E-state index is 0.203. The minimum atomic E-state index is 0.203. The van der Waals surface area contributed by atoms with Gasteiger partial charge in [-0.1, -0.05) is 207 Å². The van der Waals surface area contributed by atoms with Crippen LogP contribution in [0.4, 0.5) is 0 Å². The van der Waals surface area contributed by atoms with Crippen molar-refractivity contribution in [1.82, 2.24) is 20.4 Å². The molecule has 0 aliphatic heterocycles. The molecule has 0 bridgehead atoms. The Balaban J connectivity index is 3.87. The molecule has 0 aliphatic rings. The second-order valence-corrected chi connectivity index (χ2v) is 16.8. The minimum Gasteiger partial charge on any atom is -0.356 e. The molecule has 2 N–H and O–H groups in total. The normalized spacial score (nSPS) is 12.8. The number of likely N-dealkylation sites (N-methyl/N-ethyl adjacent to an activating group) is 1. The van der Waals surface area contributed by atoms with Crippen molar-refractivity contribution in [2.24, 2.45) is 0 Å². The highest BCUT2D eigenvalue weighted by Crippen LogP contribution is 2.16. The fourth-order valence-electron chi connectivity index (χ4n) is 8.18. The third-order valence-corrected chi connectivity index (χ3v) is 12.0. The fraction of sp³-hybridized carbons (Fsp3) is 0.958. The lowest BCUT2D eigenvalue weighted by Gasteiger charge is -2.40. The molecule has 0 radical (unpaired) electrons. The van der Waals surface area contributed by atoms with Gasteiger partial charge in [-0.15, -0.1) is 0 Å². The van der Waals surface area contributed by atoms with Crippen molar-refractivity contribution in [2.75, 3.05) is 32.7 Å². The fourth-order valence-corrected chi connectivity index (χ4v) is 8.18. The van der Waals surface area contributed by atoms with Crippen LogP contribution in [0.2, 0.25) is 0 Å². The molecule has 0 aromatic heterocycles. The van der Waals surface area contributed by atoms with Gasteiger partial charge in [0.15, 0.2) is 0 Å². The first-order valence-electron chi connectivity index (χ1n) is 24.4. The maximum absolute atomic E-state index is 12.5. The highest BCUT2D eigenvalue weighted by molar-refractivity contribution is 5.76. The van der Waals surface area contributed by atoms with Crippen LogP contribution in [0.15, 0.2) is 0 Å². The van der Waals surface area contributed by atoms with E-state index in [1.54, 1.807) is 0 Å². The van der Waals surface area contributed by atoms with Crippen LogP contribution >= 0.6 is 0 Å². The summed E-state index contributed by atoms with van der Waals surface area (Å²) in [6.07, 6.45) is 43.0. The lowest BCUT2D eigenvalue weighted by atomic mass is 10.0. The van der Waals surface area contributed by atoms with Gasteiger partial charge in [0.2, 0.25) is 11.8 Å². The van der Waals surface area contributed by atoms with Crippen LogP contribution in [0.25, 0.3) is 0 Å². The van der Waals surface area contributed by atoms with E-state index in [4.69, 9.17) is 0 Å². The van der Waals surface area contributed by atoms with Crippen molar-refractivity contribution >= 4 is 11.8 Å². The summed E-state index contributed by atoms with van der Waals surface area (Å²) >= 11 is 0. The number of rotatable bonds is 43. The van der Waals surface area contributed by atoms with Gasteiger partial charge in [-0.25, -0.2) is 0 Å².